The summed E-state index contributed by atoms with van der Waals surface area (Å²) in [6.45, 7) is 0. The van der Waals surface area contributed by atoms with Crippen molar-refractivity contribution in [1.29, 1.82) is 0 Å². The Balaban J connectivity index is 0. The van der Waals surface area contributed by atoms with Crippen LogP contribution in [0.15, 0.2) is 92.4 Å². The molecule has 40 heavy (non-hydrogen) atoms. The molecular weight excluding hydrogens is 652 g/mol. The Kier molecular flexibility index (Phi) is 17.7. The van der Waals surface area contributed by atoms with E-state index >= 15 is 0 Å². The molecule has 0 aromatic heterocycles. The van der Waals surface area contributed by atoms with Crippen molar-refractivity contribution in [3.05, 3.63) is 72.8 Å². The Labute approximate surface area is 319 Å². The standard InChI is InChI=1S/2C10H8O6S2.4Na/c2*11-17(12,13)8-5-4-7-2-1-3-10(9(7)6-8)18(14,15)16;;;;/h2*1-6H,(H,11,12,13)(H,14,15,16);;;;/q;;4*+1/p-4. The molecule has 20 heteroatoms. The van der Waals surface area contributed by atoms with Gasteiger partial charge in [0.2, 0.25) is 0 Å². The molecule has 4 aromatic carbocycles. The Morgan fingerprint density at radius 3 is 0.950 bits per heavy atom. The van der Waals surface area contributed by atoms with Gasteiger partial charge in [0.05, 0.1) is 19.6 Å². The first-order valence-electron chi connectivity index (χ1n) is 9.28. The molecule has 0 aliphatic rings. The average molecular weight is 665 g/mol. The van der Waals surface area contributed by atoms with E-state index in [0.717, 1.165) is 36.4 Å². The van der Waals surface area contributed by atoms with Crippen molar-refractivity contribution >= 4 is 62.0 Å². The van der Waals surface area contributed by atoms with Gasteiger partial charge in [-0.25, -0.2) is 33.7 Å². The molecular formula is C20H12Na4O12S4. The molecule has 0 heterocycles. The molecule has 192 valence electrons. The SMILES string of the molecule is O=S(=O)([O-])c1ccc2cccc(S(=O)(=O)[O-])c2c1.O=S(=O)([O-])c1ccc2cccc(S(=O)(=O)[O-])c2c1.[Na+].[Na+].[Na+].[Na+]. The van der Waals surface area contributed by atoms with Crippen LogP contribution in [0.25, 0.3) is 21.5 Å². The second-order valence-electron chi connectivity index (χ2n) is 7.09. The minimum atomic E-state index is -4.74. The van der Waals surface area contributed by atoms with Crippen LogP contribution in [0.3, 0.4) is 0 Å². The van der Waals surface area contributed by atoms with Crippen molar-refractivity contribution in [2.75, 3.05) is 0 Å². The van der Waals surface area contributed by atoms with E-state index in [9.17, 15) is 51.9 Å². The maximum Gasteiger partial charge on any atom is 1.00 e. The average Bonchev–Trinajstić information content (AvgIpc) is 2.75. The molecule has 0 radical (unpaired) electrons. The third-order valence-corrected chi connectivity index (χ3v) is 8.20. The molecule has 0 bridgehead atoms. The molecule has 0 saturated carbocycles. The number of rotatable bonds is 4. The fourth-order valence-corrected chi connectivity index (χ4v) is 5.57. The van der Waals surface area contributed by atoms with Crippen LogP contribution >= 0.6 is 0 Å². The van der Waals surface area contributed by atoms with Gasteiger partial charge in [0.25, 0.3) is 0 Å². The summed E-state index contributed by atoms with van der Waals surface area (Å²) in [5.41, 5.74) is 0. The van der Waals surface area contributed by atoms with Gasteiger partial charge in [-0.1, -0.05) is 36.4 Å². The van der Waals surface area contributed by atoms with Crippen LogP contribution in [-0.2, 0) is 40.5 Å². The normalized spacial score (nSPS) is 11.5. The van der Waals surface area contributed by atoms with Gasteiger partial charge in [0.15, 0.2) is 0 Å². The predicted octanol–water partition coefficient (Wildman–Crippen LogP) is -10.7. The van der Waals surface area contributed by atoms with Gasteiger partial charge >= 0.3 is 118 Å². The molecule has 0 unspecified atom stereocenters. The first kappa shape index (κ1) is 43.2. The minimum Gasteiger partial charge on any atom is -0.744 e. The molecule has 0 aliphatic carbocycles. The van der Waals surface area contributed by atoms with Gasteiger partial charge in [-0.15, -0.1) is 0 Å². The van der Waals surface area contributed by atoms with Crippen molar-refractivity contribution in [2.24, 2.45) is 0 Å². The second-order valence-corrected chi connectivity index (χ2v) is 12.6. The third kappa shape index (κ3) is 11.2. The Bertz CT molecular complexity index is 1800. The summed E-state index contributed by atoms with van der Waals surface area (Å²) < 4.78 is 131. The maximum absolute atomic E-state index is 11.0. The predicted molar refractivity (Wildman–Crippen MR) is 120 cm³/mol. The zero-order valence-electron chi connectivity index (χ0n) is 21.5. The minimum absolute atomic E-state index is 0. The van der Waals surface area contributed by atoms with E-state index in [0.29, 0.717) is 10.8 Å². The first-order chi connectivity index (χ1) is 16.4. The van der Waals surface area contributed by atoms with Gasteiger partial charge in [-0.2, -0.15) is 0 Å². The van der Waals surface area contributed by atoms with E-state index in [1.54, 1.807) is 0 Å². The summed E-state index contributed by atoms with van der Waals surface area (Å²) in [5.74, 6) is 0. The summed E-state index contributed by atoms with van der Waals surface area (Å²) in [7, 11) is -18.9. The Morgan fingerprint density at radius 1 is 0.400 bits per heavy atom. The van der Waals surface area contributed by atoms with Gasteiger partial charge < -0.3 is 18.2 Å². The summed E-state index contributed by atoms with van der Waals surface area (Å²) in [6, 6.07) is 14.3. The fraction of sp³-hybridized carbons (Fsp3) is 0. The summed E-state index contributed by atoms with van der Waals surface area (Å²) in [5, 5.41) is 0.563. The molecule has 0 N–H and O–H groups in total. The van der Waals surface area contributed by atoms with Crippen molar-refractivity contribution in [3.63, 3.8) is 0 Å². The Morgan fingerprint density at radius 2 is 0.700 bits per heavy atom. The molecule has 0 amide bonds. The van der Waals surface area contributed by atoms with E-state index in [2.05, 4.69) is 0 Å². The van der Waals surface area contributed by atoms with Crippen molar-refractivity contribution in [2.45, 2.75) is 19.6 Å². The number of hydrogen-bond acceptors (Lipinski definition) is 12. The van der Waals surface area contributed by atoms with E-state index < -0.39 is 60.1 Å². The van der Waals surface area contributed by atoms with E-state index in [-0.39, 0.29) is 129 Å². The summed E-state index contributed by atoms with van der Waals surface area (Å²) in [4.78, 5) is -2.26. The molecule has 4 aromatic rings. The fourth-order valence-electron chi connectivity index (χ4n) is 3.19. The van der Waals surface area contributed by atoms with Crippen LogP contribution in [0.1, 0.15) is 0 Å². The van der Waals surface area contributed by atoms with Gasteiger partial charge in [-0.05, 0) is 47.2 Å². The molecule has 4 rings (SSSR count). The van der Waals surface area contributed by atoms with Crippen LogP contribution in [0.5, 0.6) is 0 Å². The molecule has 0 spiro atoms. The topological polar surface area (TPSA) is 229 Å². The summed E-state index contributed by atoms with van der Waals surface area (Å²) in [6.07, 6.45) is 0. The van der Waals surface area contributed by atoms with Gasteiger partial charge in [0, 0.05) is 10.8 Å². The second kappa shape index (κ2) is 16.4. The monoisotopic (exact) mass is 664 g/mol. The third-order valence-electron chi connectivity index (χ3n) is 4.74. The van der Waals surface area contributed by atoms with Crippen molar-refractivity contribution < 1.29 is 170 Å². The molecule has 0 saturated heterocycles. The van der Waals surface area contributed by atoms with Crippen LogP contribution in [0.4, 0.5) is 0 Å². The molecule has 0 fully saturated rings. The van der Waals surface area contributed by atoms with Crippen LogP contribution < -0.4 is 118 Å². The van der Waals surface area contributed by atoms with Gasteiger partial charge in [-0.3, -0.25) is 0 Å². The van der Waals surface area contributed by atoms with E-state index in [4.69, 9.17) is 0 Å². The van der Waals surface area contributed by atoms with Gasteiger partial charge in [0.1, 0.15) is 40.5 Å². The smallest absolute Gasteiger partial charge is 0.744 e. The zero-order valence-corrected chi connectivity index (χ0v) is 32.7. The number of benzene rings is 4. The largest absolute Gasteiger partial charge is 1.00 e. The van der Waals surface area contributed by atoms with E-state index in [1.807, 2.05) is 0 Å². The van der Waals surface area contributed by atoms with Crippen LogP contribution in [0.2, 0.25) is 0 Å². The van der Waals surface area contributed by atoms with Crippen molar-refractivity contribution in [3.8, 4) is 0 Å². The zero-order chi connectivity index (χ0) is 27.1. The van der Waals surface area contributed by atoms with Crippen LogP contribution in [-0.4, -0.2) is 51.9 Å². The van der Waals surface area contributed by atoms with E-state index in [1.165, 1.54) is 36.4 Å². The maximum atomic E-state index is 11.0. The van der Waals surface area contributed by atoms with Crippen LogP contribution in [0, 0.1) is 0 Å². The molecule has 0 atom stereocenters. The first-order valence-corrected chi connectivity index (χ1v) is 14.9. The Hall–Kier alpha value is 1.04. The summed E-state index contributed by atoms with van der Waals surface area (Å²) >= 11 is 0. The number of hydrogen-bond donors (Lipinski definition) is 0. The number of fused-ring (bicyclic) bond motifs is 2. The quantitative estimate of drug-likeness (QED) is 0.146. The molecule has 0 aliphatic heterocycles. The van der Waals surface area contributed by atoms with Crippen molar-refractivity contribution in [1.82, 2.24) is 0 Å². The molecule has 12 nitrogen and oxygen atoms in total.